The minimum absolute atomic E-state index is 0.0777. The summed E-state index contributed by atoms with van der Waals surface area (Å²) in [6.07, 6.45) is 5.44. The van der Waals surface area contributed by atoms with E-state index in [9.17, 15) is 4.79 Å². The summed E-state index contributed by atoms with van der Waals surface area (Å²) in [5.74, 6) is 0.853. The number of rotatable bonds is 8. The fourth-order valence-electron chi connectivity index (χ4n) is 3.22. The van der Waals surface area contributed by atoms with Crippen LogP contribution in [0.2, 0.25) is 0 Å². The second kappa shape index (κ2) is 8.00. The Bertz CT molecular complexity index is 696. The maximum Gasteiger partial charge on any atom is 0.232 e. The molecular weight excluding hydrogens is 298 g/mol. The molecule has 0 fully saturated rings. The van der Waals surface area contributed by atoms with Crippen LogP contribution in [0, 0.1) is 0 Å². The standard InChI is InChI=1S/C21H25NO2/c1-2-3-4-9-14-24-20-13-8-5-10-16(20)15-18-17-11-6-7-12-19(17)22-21(18)23/h5-8,10-13,18H,2-4,9,14-15H2,1H3,(H,22,23)/t18-/m1/s1. The fourth-order valence-corrected chi connectivity index (χ4v) is 3.22. The van der Waals surface area contributed by atoms with Crippen LogP contribution < -0.4 is 10.1 Å². The Morgan fingerprint density at radius 1 is 1.00 bits per heavy atom. The number of nitrogens with one attached hydrogen (secondary N) is 1. The molecule has 0 spiro atoms. The number of amides is 1. The molecule has 1 aliphatic rings. The van der Waals surface area contributed by atoms with Gasteiger partial charge < -0.3 is 10.1 Å². The highest BCUT2D eigenvalue weighted by molar-refractivity contribution is 6.03. The first-order valence-corrected chi connectivity index (χ1v) is 8.90. The minimum Gasteiger partial charge on any atom is -0.493 e. The van der Waals surface area contributed by atoms with Crippen molar-refractivity contribution in [2.45, 2.75) is 44.9 Å². The average molecular weight is 323 g/mol. The number of carbonyl (C=O) groups excluding carboxylic acids is 1. The summed E-state index contributed by atoms with van der Waals surface area (Å²) in [4.78, 5) is 12.3. The zero-order chi connectivity index (χ0) is 16.8. The molecule has 3 rings (SSSR count). The van der Waals surface area contributed by atoms with Gasteiger partial charge in [-0.05, 0) is 36.1 Å². The van der Waals surface area contributed by atoms with Gasteiger partial charge in [0.1, 0.15) is 5.75 Å². The van der Waals surface area contributed by atoms with Crippen molar-refractivity contribution in [3.8, 4) is 5.75 Å². The molecule has 126 valence electrons. The Morgan fingerprint density at radius 2 is 1.79 bits per heavy atom. The van der Waals surface area contributed by atoms with Crippen molar-refractivity contribution in [3.05, 3.63) is 59.7 Å². The van der Waals surface area contributed by atoms with Gasteiger partial charge in [0.25, 0.3) is 0 Å². The predicted molar refractivity (Wildman–Crippen MR) is 97.6 cm³/mol. The van der Waals surface area contributed by atoms with Gasteiger partial charge in [-0.2, -0.15) is 0 Å². The van der Waals surface area contributed by atoms with E-state index in [0.717, 1.165) is 35.6 Å². The van der Waals surface area contributed by atoms with Crippen molar-refractivity contribution in [3.63, 3.8) is 0 Å². The molecular formula is C21H25NO2. The fraction of sp³-hybridized carbons (Fsp3) is 0.381. The highest BCUT2D eigenvalue weighted by atomic mass is 16.5. The van der Waals surface area contributed by atoms with Crippen LogP contribution in [0.25, 0.3) is 0 Å². The molecule has 1 aliphatic heterocycles. The lowest BCUT2D eigenvalue weighted by molar-refractivity contribution is -0.117. The molecule has 2 aromatic carbocycles. The van der Waals surface area contributed by atoms with Crippen LogP contribution in [0.3, 0.4) is 0 Å². The van der Waals surface area contributed by atoms with E-state index in [1.165, 1.54) is 19.3 Å². The highest BCUT2D eigenvalue weighted by Gasteiger charge is 2.30. The molecule has 0 radical (unpaired) electrons. The highest BCUT2D eigenvalue weighted by Crippen LogP contribution is 2.36. The van der Waals surface area contributed by atoms with E-state index >= 15 is 0 Å². The predicted octanol–water partition coefficient (Wildman–Crippen LogP) is 4.92. The van der Waals surface area contributed by atoms with Crippen LogP contribution in [-0.4, -0.2) is 12.5 Å². The third kappa shape index (κ3) is 3.78. The third-order valence-electron chi connectivity index (χ3n) is 4.56. The first kappa shape index (κ1) is 16.6. The van der Waals surface area contributed by atoms with E-state index in [0.29, 0.717) is 6.42 Å². The zero-order valence-corrected chi connectivity index (χ0v) is 14.3. The van der Waals surface area contributed by atoms with Crippen molar-refractivity contribution < 1.29 is 9.53 Å². The lowest BCUT2D eigenvalue weighted by Gasteiger charge is -2.14. The lowest BCUT2D eigenvalue weighted by Crippen LogP contribution is -2.15. The van der Waals surface area contributed by atoms with Crippen molar-refractivity contribution in [1.29, 1.82) is 0 Å². The monoisotopic (exact) mass is 323 g/mol. The van der Waals surface area contributed by atoms with Gasteiger partial charge in [0.2, 0.25) is 5.91 Å². The van der Waals surface area contributed by atoms with Gasteiger partial charge in [0.15, 0.2) is 0 Å². The molecule has 0 aromatic heterocycles. The Labute approximate surface area is 144 Å². The van der Waals surface area contributed by atoms with Crippen LogP contribution in [0.5, 0.6) is 5.75 Å². The molecule has 3 heteroatoms. The first-order valence-electron chi connectivity index (χ1n) is 8.90. The Morgan fingerprint density at radius 3 is 2.67 bits per heavy atom. The van der Waals surface area contributed by atoms with Crippen LogP contribution in [0.15, 0.2) is 48.5 Å². The van der Waals surface area contributed by atoms with Gasteiger partial charge >= 0.3 is 0 Å². The molecule has 0 saturated heterocycles. The molecule has 0 saturated carbocycles. The molecule has 1 atom stereocenters. The number of unbranched alkanes of at least 4 members (excludes halogenated alkanes) is 3. The van der Waals surface area contributed by atoms with Crippen LogP contribution in [0.1, 0.15) is 49.7 Å². The van der Waals surface area contributed by atoms with E-state index in [-0.39, 0.29) is 11.8 Å². The number of hydrogen-bond donors (Lipinski definition) is 1. The number of anilines is 1. The number of fused-ring (bicyclic) bond motifs is 1. The molecule has 0 bridgehead atoms. The Kier molecular flexibility index (Phi) is 5.52. The number of para-hydroxylation sites is 2. The molecule has 1 amide bonds. The molecule has 0 aliphatic carbocycles. The number of ether oxygens (including phenoxy) is 1. The normalized spacial score (nSPS) is 15.9. The topological polar surface area (TPSA) is 38.3 Å². The van der Waals surface area contributed by atoms with Crippen LogP contribution in [0.4, 0.5) is 5.69 Å². The summed E-state index contributed by atoms with van der Waals surface area (Å²) in [7, 11) is 0. The lowest BCUT2D eigenvalue weighted by atomic mass is 9.93. The number of hydrogen-bond acceptors (Lipinski definition) is 2. The second-order valence-corrected chi connectivity index (χ2v) is 6.35. The molecule has 0 unspecified atom stereocenters. The van der Waals surface area contributed by atoms with Crippen LogP contribution >= 0.6 is 0 Å². The number of carbonyl (C=O) groups is 1. The first-order chi connectivity index (χ1) is 11.8. The van der Waals surface area contributed by atoms with Gasteiger partial charge in [-0.15, -0.1) is 0 Å². The van der Waals surface area contributed by atoms with Gasteiger partial charge in [-0.3, -0.25) is 4.79 Å². The van der Waals surface area contributed by atoms with Crippen molar-refractivity contribution in [2.24, 2.45) is 0 Å². The quantitative estimate of drug-likeness (QED) is 0.700. The third-order valence-corrected chi connectivity index (χ3v) is 4.56. The largest absolute Gasteiger partial charge is 0.493 e. The maximum atomic E-state index is 12.3. The average Bonchev–Trinajstić information content (AvgIpc) is 2.92. The van der Waals surface area contributed by atoms with Gasteiger partial charge in [-0.25, -0.2) is 0 Å². The second-order valence-electron chi connectivity index (χ2n) is 6.35. The number of benzene rings is 2. The summed E-state index contributed by atoms with van der Waals surface area (Å²) < 4.78 is 5.99. The Balaban J connectivity index is 1.68. The Hall–Kier alpha value is -2.29. The van der Waals surface area contributed by atoms with Crippen LogP contribution in [-0.2, 0) is 11.2 Å². The summed E-state index contributed by atoms with van der Waals surface area (Å²) in [5, 5.41) is 2.97. The maximum absolute atomic E-state index is 12.3. The molecule has 1 N–H and O–H groups in total. The van der Waals surface area contributed by atoms with Crippen molar-refractivity contribution >= 4 is 11.6 Å². The molecule has 1 heterocycles. The minimum atomic E-state index is -0.133. The molecule has 24 heavy (non-hydrogen) atoms. The smallest absolute Gasteiger partial charge is 0.232 e. The van der Waals surface area contributed by atoms with Gasteiger partial charge in [0.05, 0.1) is 12.5 Å². The van der Waals surface area contributed by atoms with Gasteiger partial charge in [-0.1, -0.05) is 62.6 Å². The van der Waals surface area contributed by atoms with Crippen molar-refractivity contribution in [1.82, 2.24) is 0 Å². The zero-order valence-electron chi connectivity index (χ0n) is 14.3. The summed E-state index contributed by atoms with van der Waals surface area (Å²) in [5.41, 5.74) is 3.12. The summed E-state index contributed by atoms with van der Waals surface area (Å²) in [6, 6.07) is 16.0. The van der Waals surface area contributed by atoms with E-state index in [1.54, 1.807) is 0 Å². The van der Waals surface area contributed by atoms with Crippen molar-refractivity contribution in [2.75, 3.05) is 11.9 Å². The summed E-state index contributed by atoms with van der Waals surface area (Å²) in [6.45, 7) is 2.95. The van der Waals surface area contributed by atoms with E-state index in [1.807, 2.05) is 42.5 Å². The molecule has 2 aromatic rings. The van der Waals surface area contributed by atoms with E-state index < -0.39 is 0 Å². The van der Waals surface area contributed by atoms with E-state index in [4.69, 9.17) is 4.74 Å². The SMILES string of the molecule is CCCCCCOc1ccccc1C[C@H]1C(=O)Nc2ccccc21. The van der Waals surface area contributed by atoms with Gasteiger partial charge in [0, 0.05) is 5.69 Å². The summed E-state index contributed by atoms with van der Waals surface area (Å²) >= 11 is 0. The molecule has 3 nitrogen and oxygen atoms in total. The van der Waals surface area contributed by atoms with E-state index in [2.05, 4.69) is 18.3 Å².